The lowest BCUT2D eigenvalue weighted by molar-refractivity contribution is 0.0371. The van der Waals surface area contributed by atoms with Crippen LogP contribution in [0.2, 0.25) is 0 Å². The van der Waals surface area contributed by atoms with Crippen LogP contribution < -0.4 is 0 Å². The summed E-state index contributed by atoms with van der Waals surface area (Å²) in [5.74, 6) is 1.58. The van der Waals surface area contributed by atoms with Gasteiger partial charge in [-0.3, -0.25) is 4.90 Å². The molecule has 0 bridgehead atoms. The van der Waals surface area contributed by atoms with E-state index in [1.54, 1.807) is 5.57 Å². The van der Waals surface area contributed by atoms with Crippen molar-refractivity contribution in [3.05, 3.63) is 59.2 Å². The number of aliphatic hydroxyl groups excluding tert-OH is 1. The molecule has 1 heterocycles. The predicted octanol–water partition coefficient (Wildman–Crippen LogP) is 5.32. The molecule has 31 heavy (non-hydrogen) atoms. The number of aryl methyl sites for hydroxylation is 2. The van der Waals surface area contributed by atoms with E-state index in [0.717, 1.165) is 45.6 Å². The molecule has 0 aromatic heterocycles. The Hall–Kier alpha value is -1.42. The van der Waals surface area contributed by atoms with Gasteiger partial charge in [-0.15, -0.1) is 0 Å². The number of unbranched alkanes of at least 4 members (excludes halogenated alkanes) is 2. The molecule has 1 aromatic rings. The number of allylic oxidation sites excluding steroid dienone is 3. The zero-order chi connectivity index (χ0) is 21.5. The van der Waals surface area contributed by atoms with Crippen molar-refractivity contribution in [2.45, 2.75) is 64.4 Å². The highest BCUT2D eigenvalue weighted by atomic mass is 16.5. The highest BCUT2D eigenvalue weighted by Crippen LogP contribution is 2.48. The van der Waals surface area contributed by atoms with Gasteiger partial charge in [-0.05, 0) is 75.8 Å². The molecule has 0 radical (unpaired) electrons. The number of morpholine rings is 1. The lowest BCUT2D eigenvalue weighted by atomic mass is 9.88. The SMILES string of the molecule is Cc1cccc(CC/C=C/[C@@H]2[C@H]3CC(CCCCCN4CCOCC4)=C[C@H]3C[C@H]2O)c1. The van der Waals surface area contributed by atoms with Gasteiger partial charge in [0.2, 0.25) is 0 Å². The average molecular weight is 424 g/mol. The Bertz CT molecular complexity index is 749. The van der Waals surface area contributed by atoms with Gasteiger partial charge in [0.1, 0.15) is 0 Å². The lowest BCUT2D eigenvalue weighted by Gasteiger charge is -2.26. The van der Waals surface area contributed by atoms with Crippen LogP contribution in [0.15, 0.2) is 48.1 Å². The summed E-state index contributed by atoms with van der Waals surface area (Å²) >= 11 is 0. The number of fused-ring (bicyclic) bond motifs is 1. The largest absolute Gasteiger partial charge is 0.392 e. The minimum absolute atomic E-state index is 0.156. The third-order valence-electron chi connectivity index (χ3n) is 7.57. The predicted molar refractivity (Wildman–Crippen MR) is 128 cm³/mol. The van der Waals surface area contributed by atoms with Crippen molar-refractivity contribution in [1.82, 2.24) is 4.90 Å². The van der Waals surface area contributed by atoms with Crippen LogP contribution in [0.3, 0.4) is 0 Å². The van der Waals surface area contributed by atoms with Gasteiger partial charge in [0.15, 0.2) is 0 Å². The summed E-state index contributed by atoms with van der Waals surface area (Å²) < 4.78 is 5.43. The van der Waals surface area contributed by atoms with E-state index in [2.05, 4.69) is 54.3 Å². The Morgan fingerprint density at radius 3 is 2.84 bits per heavy atom. The lowest BCUT2D eigenvalue weighted by Crippen LogP contribution is -2.36. The molecule has 1 saturated carbocycles. The molecule has 1 saturated heterocycles. The van der Waals surface area contributed by atoms with Crippen LogP contribution in [0.25, 0.3) is 0 Å². The molecule has 2 aliphatic carbocycles. The fourth-order valence-corrected chi connectivity index (χ4v) is 5.85. The van der Waals surface area contributed by atoms with E-state index in [4.69, 9.17) is 4.74 Å². The number of rotatable bonds is 10. The molecule has 170 valence electrons. The fourth-order valence-electron chi connectivity index (χ4n) is 5.85. The third-order valence-corrected chi connectivity index (χ3v) is 7.57. The van der Waals surface area contributed by atoms with E-state index in [1.165, 1.54) is 49.8 Å². The first kappa shape index (κ1) is 22.8. The summed E-state index contributed by atoms with van der Waals surface area (Å²) in [6, 6.07) is 8.80. The Morgan fingerprint density at radius 1 is 1.13 bits per heavy atom. The second-order valence-electron chi connectivity index (χ2n) is 9.96. The van der Waals surface area contributed by atoms with Gasteiger partial charge in [0.05, 0.1) is 19.3 Å². The molecule has 1 aromatic carbocycles. The standard InChI is InChI=1S/C28H41NO2/c1-22-8-7-11-23(18-22)9-4-5-12-26-27-20-24(19-25(27)21-28(26)30)10-3-2-6-13-29-14-16-31-17-15-29/h5,7-8,11-12,18-19,25-28,30H,2-4,6,9-10,13-17,20-21H2,1H3/b12-5+/t25-,26+,27-,28+/m0/s1. The third kappa shape index (κ3) is 6.54. The van der Waals surface area contributed by atoms with Gasteiger partial charge in [0, 0.05) is 19.0 Å². The van der Waals surface area contributed by atoms with E-state index < -0.39 is 0 Å². The van der Waals surface area contributed by atoms with Gasteiger partial charge in [-0.2, -0.15) is 0 Å². The molecule has 3 aliphatic rings. The van der Waals surface area contributed by atoms with Gasteiger partial charge in [0.25, 0.3) is 0 Å². The van der Waals surface area contributed by atoms with Crippen molar-refractivity contribution < 1.29 is 9.84 Å². The molecule has 0 unspecified atom stereocenters. The molecule has 3 heteroatoms. The van der Waals surface area contributed by atoms with E-state index in [1.807, 2.05) is 0 Å². The number of benzene rings is 1. The van der Waals surface area contributed by atoms with Crippen molar-refractivity contribution in [3.8, 4) is 0 Å². The first-order valence-corrected chi connectivity index (χ1v) is 12.6. The molecule has 4 rings (SSSR count). The van der Waals surface area contributed by atoms with Crippen molar-refractivity contribution in [2.24, 2.45) is 17.8 Å². The second-order valence-corrected chi connectivity index (χ2v) is 9.96. The van der Waals surface area contributed by atoms with Crippen LogP contribution in [-0.4, -0.2) is 49.0 Å². The van der Waals surface area contributed by atoms with Crippen molar-refractivity contribution in [3.63, 3.8) is 0 Å². The van der Waals surface area contributed by atoms with Crippen LogP contribution in [0.1, 0.15) is 56.1 Å². The first-order valence-electron chi connectivity index (χ1n) is 12.6. The molecule has 1 aliphatic heterocycles. The summed E-state index contributed by atoms with van der Waals surface area (Å²) in [6.07, 6.45) is 16.6. The van der Waals surface area contributed by atoms with Gasteiger partial charge < -0.3 is 9.84 Å². The zero-order valence-corrected chi connectivity index (χ0v) is 19.3. The minimum Gasteiger partial charge on any atom is -0.392 e. The normalized spacial score (nSPS) is 28.9. The molecule has 1 N–H and O–H groups in total. The van der Waals surface area contributed by atoms with Crippen molar-refractivity contribution >= 4 is 0 Å². The van der Waals surface area contributed by atoms with Gasteiger partial charge >= 0.3 is 0 Å². The van der Waals surface area contributed by atoms with Crippen LogP contribution in [0, 0.1) is 24.7 Å². The summed E-state index contributed by atoms with van der Waals surface area (Å²) in [7, 11) is 0. The Morgan fingerprint density at radius 2 is 2.00 bits per heavy atom. The fraction of sp³-hybridized carbons (Fsp3) is 0.643. The highest BCUT2D eigenvalue weighted by Gasteiger charge is 2.43. The second kappa shape index (κ2) is 11.4. The smallest absolute Gasteiger partial charge is 0.0611 e. The zero-order valence-electron chi connectivity index (χ0n) is 19.3. The average Bonchev–Trinajstić information content (AvgIpc) is 3.28. The molecule has 2 fully saturated rings. The molecule has 3 nitrogen and oxygen atoms in total. The summed E-state index contributed by atoms with van der Waals surface area (Å²) in [4.78, 5) is 2.54. The van der Waals surface area contributed by atoms with E-state index in [0.29, 0.717) is 17.8 Å². The van der Waals surface area contributed by atoms with Crippen LogP contribution in [-0.2, 0) is 11.2 Å². The Balaban J connectivity index is 1.16. The maximum absolute atomic E-state index is 10.6. The van der Waals surface area contributed by atoms with E-state index in [9.17, 15) is 5.11 Å². The number of nitrogens with zero attached hydrogens (tertiary/aromatic N) is 1. The number of hydrogen-bond donors (Lipinski definition) is 1. The van der Waals surface area contributed by atoms with E-state index in [-0.39, 0.29) is 6.10 Å². The number of aliphatic hydroxyl groups is 1. The van der Waals surface area contributed by atoms with Crippen molar-refractivity contribution in [1.29, 1.82) is 0 Å². The Labute approximate surface area is 189 Å². The molecule has 0 spiro atoms. The highest BCUT2D eigenvalue weighted by molar-refractivity contribution is 5.23. The summed E-state index contributed by atoms with van der Waals surface area (Å²) in [5, 5.41) is 10.6. The summed E-state index contributed by atoms with van der Waals surface area (Å²) in [5.41, 5.74) is 4.40. The molecular formula is C28H41NO2. The maximum Gasteiger partial charge on any atom is 0.0611 e. The molecule has 4 atom stereocenters. The van der Waals surface area contributed by atoms with Crippen molar-refractivity contribution in [2.75, 3.05) is 32.8 Å². The number of hydrogen-bond acceptors (Lipinski definition) is 3. The number of ether oxygens (including phenoxy) is 1. The quantitative estimate of drug-likeness (QED) is 0.408. The van der Waals surface area contributed by atoms with Gasteiger partial charge in [-0.1, -0.05) is 60.1 Å². The summed E-state index contributed by atoms with van der Waals surface area (Å²) in [6.45, 7) is 7.41. The maximum atomic E-state index is 10.6. The van der Waals surface area contributed by atoms with E-state index >= 15 is 0 Å². The first-order chi connectivity index (χ1) is 15.2. The van der Waals surface area contributed by atoms with Gasteiger partial charge in [-0.25, -0.2) is 0 Å². The Kier molecular flexibility index (Phi) is 8.40. The monoisotopic (exact) mass is 423 g/mol. The molecular weight excluding hydrogens is 382 g/mol. The van der Waals surface area contributed by atoms with Crippen LogP contribution in [0.4, 0.5) is 0 Å². The molecule has 0 amide bonds. The minimum atomic E-state index is -0.156. The van der Waals surface area contributed by atoms with Crippen LogP contribution >= 0.6 is 0 Å². The topological polar surface area (TPSA) is 32.7 Å². The van der Waals surface area contributed by atoms with Crippen LogP contribution in [0.5, 0.6) is 0 Å².